The Labute approximate surface area is 183 Å². The predicted molar refractivity (Wildman–Crippen MR) is 122 cm³/mol. The monoisotopic (exact) mass is 419 g/mol. The maximum absolute atomic E-state index is 13.0. The van der Waals surface area contributed by atoms with E-state index >= 15 is 0 Å². The lowest BCUT2D eigenvalue weighted by molar-refractivity contribution is -0.139. The van der Waals surface area contributed by atoms with Gasteiger partial charge >= 0.3 is 0 Å². The zero-order valence-electron chi connectivity index (χ0n) is 18.5. The standard InChI is InChI=1S/C26H29NO4/c1-6-14-27-23(19-10-8-18(9-11-19)16(3)4)22(25(29)26(27)30)24(28)20-12-13-21(31-7-2)17(5)15-20/h6,8-13,15-16,23,28H,1,7,14H2,2-5H3/t23-/m1/s1. The number of ether oxygens (including phenoxy) is 1. The zero-order valence-corrected chi connectivity index (χ0v) is 18.5. The number of aryl methyl sites for hydroxylation is 1. The largest absolute Gasteiger partial charge is 0.507 e. The van der Waals surface area contributed by atoms with E-state index in [2.05, 4.69) is 20.4 Å². The Morgan fingerprint density at radius 2 is 1.87 bits per heavy atom. The number of aliphatic hydroxyl groups is 1. The van der Waals surface area contributed by atoms with Crippen molar-refractivity contribution in [1.82, 2.24) is 4.90 Å². The summed E-state index contributed by atoms with van der Waals surface area (Å²) in [5, 5.41) is 11.1. The summed E-state index contributed by atoms with van der Waals surface area (Å²) < 4.78 is 5.57. The number of hydrogen-bond donors (Lipinski definition) is 1. The van der Waals surface area contributed by atoms with Crippen molar-refractivity contribution in [3.63, 3.8) is 0 Å². The van der Waals surface area contributed by atoms with Crippen LogP contribution in [0.3, 0.4) is 0 Å². The molecular formula is C26H29NO4. The topological polar surface area (TPSA) is 66.8 Å². The quantitative estimate of drug-likeness (QED) is 0.293. The lowest BCUT2D eigenvalue weighted by atomic mass is 9.93. The van der Waals surface area contributed by atoms with Gasteiger partial charge in [0.15, 0.2) is 0 Å². The zero-order chi connectivity index (χ0) is 22.7. The van der Waals surface area contributed by atoms with Crippen LogP contribution in [0, 0.1) is 6.92 Å². The molecule has 2 aromatic carbocycles. The molecule has 1 aliphatic rings. The maximum atomic E-state index is 13.0. The molecule has 0 radical (unpaired) electrons. The highest BCUT2D eigenvalue weighted by Gasteiger charge is 2.45. The SMILES string of the molecule is C=CCN1C(=O)C(=O)C(=C(O)c2ccc(OCC)c(C)c2)[C@H]1c1ccc(C(C)C)cc1. The smallest absolute Gasteiger partial charge is 0.295 e. The number of benzene rings is 2. The second-order valence-corrected chi connectivity index (χ2v) is 7.97. The van der Waals surface area contributed by atoms with E-state index in [0.29, 0.717) is 23.8 Å². The van der Waals surface area contributed by atoms with E-state index in [0.717, 1.165) is 16.7 Å². The number of carbonyl (C=O) groups is 2. The Morgan fingerprint density at radius 1 is 1.19 bits per heavy atom. The first-order chi connectivity index (χ1) is 14.8. The molecule has 2 aromatic rings. The van der Waals surface area contributed by atoms with Gasteiger partial charge in [-0.1, -0.05) is 44.2 Å². The van der Waals surface area contributed by atoms with Crippen LogP contribution in [-0.4, -0.2) is 34.8 Å². The van der Waals surface area contributed by atoms with Crippen LogP contribution in [0.4, 0.5) is 0 Å². The van der Waals surface area contributed by atoms with Gasteiger partial charge in [-0.2, -0.15) is 0 Å². The van der Waals surface area contributed by atoms with Crippen molar-refractivity contribution >= 4 is 17.4 Å². The molecular weight excluding hydrogens is 390 g/mol. The highest BCUT2D eigenvalue weighted by molar-refractivity contribution is 6.46. The van der Waals surface area contributed by atoms with Gasteiger partial charge in [0.1, 0.15) is 11.5 Å². The Morgan fingerprint density at radius 3 is 2.42 bits per heavy atom. The molecule has 1 amide bonds. The number of rotatable bonds is 7. The van der Waals surface area contributed by atoms with Crippen LogP contribution < -0.4 is 4.74 Å². The number of ketones is 1. The van der Waals surface area contributed by atoms with Gasteiger partial charge in [-0.3, -0.25) is 9.59 Å². The van der Waals surface area contributed by atoms with Crippen molar-refractivity contribution in [2.24, 2.45) is 0 Å². The van der Waals surface area contributed by atoms with E-state index in [9.17, 15) is 14.7 Å². The molecule has 1 saturated heterocycles. The molecule has 1 atom stereocenters. The highest BCUT2D eigenvalue weighted by Crippen LogP contribution is 2.40. The molecule has 1 heterocycles. The van der Waals surface area contributed by atoms with Gasteiger partial charge < -0.3 is 14.7 Å². The van der Waals surface area contributed by atoms with E-state index < -0.39 is 17.7 Å². The molecule has 0 saturated carbocycles. The summed E-state index contributed by atoms with van der Waals surface area (Å²) in [5.74, 6) is -0.438. The van der Waals surface area contributed by atoms with Crippen LogP contribution in [0.15, 0.2) is 60.7 Å². The lowest BCUT2D eigenvalue weighted by Gasteiger charge is -2.24. The molecule has 1 fully saturated rings. The van der Waals surface area contributed by atoms with Crippen molar-refractivity contribution in [2.75, 3.05) is 13.2 Å². The van der Waals surface area contributed by atoms with Crippen molar-refractivity contribution in [1.29, 1.82) is 0 Å². The molecule has 0 spiro atoms. The summed E-state index contributed by atoms with van der Waals surface area (Å²) in [6.07, 6.45) is 1.59. The number of carbonyl (C=O) groups excluding carboxylic acids is 2. The molecule has 31 heavy (non-hydrogen) atoms. The van der Waals surface area contributed by atoms with Gasteiger partial charge in [-0.25, -0.2) is 0 Å². The summed E-state index contributed by atoms with van der Waals surface area (Å²) in [4.78, 5) is 27.2. The Kier molecular flexibility index (Phi) is 6.64. The summed E-state index contributed by atoms with van der Waals surface area (Å²) in [5.41, 5.74) is 3.33. The highest BCUT2D eigenvalue weighted by atomic mass is 16.5. The van der Waals surface area contributed by atoms with E-state index in [1.165, 1.54) is 4.90 Å². The number of hydrogen-bond acceptors (Lipinski definition) is 4. The van der Waals surface area contributed by atoms with Gasteiger partial charge in [-0.15, -0.1) is 6.58 Å². The van der Waals surface area contributed by atoms with Gasteiger partial charge in [0.25, 0.3) is 11.7 Å². The first-order valence-corrected chi connectivity index (χ1v) is 10.5. The van der Waals surface area contributed by atoms with E-state index in [4.69, 9.17) is 4.74 Å². The number of amides is 1. The van der Waals surface area contributed by atoms with Crippen LogP contribution in [-0.2, 0) is 9.59 Å². The van der Waals surface area contributed by atoms with E-state index in [1.807, 2.05) is 38.1 Å². The van der Waals surface area contributed by atoms with Crippen LogP contribution in [0.5, 0.6) is 5.75 Å². The third-order valence-electron chi connectivity index (χ3n) is 5.53. The molecule has 1 N–H and O–H groups in total. The average Bonchev–Trinajstić information content (AvgIpc) is 3.00. The number of nitrogens with zero attached hydrogens (tertiary/aromatic N) is 1. The summed E-state index contributed by atoms with van der Waals surface area (Å²) >= 11 is 0. The maximum Gasteiger partial charge on any atom is 0.295 e. The third-order valence-corrected chi connectivity index (χ3v) is 5.53. The van der Waals surface area contributed by atoms with Crippen LogP contribution in [0.2, 0.25) is 0 Å². The van der Waals surface area contributed by atoms with Crippen LogP contribution in [0.25, 0.3) is 5.76 Å². The van der Waals surface area contributed by atoms with Gasteiger partial charge in [0.05, 0.1) is 18.2 Å². The second kappa shape index (κ2) is 9.21. The van der Waals surface area contributed by atoms with Gasteiger partial charge in [0.2, 0.25) is 0 Å². The molecule has 0 aromatic heterocycles. The Balaban J connectivity index is 2.14. The molecule has 0 aliphatic carbocycles. The number of aliphatic hydroxyl groups excluding tert-OH is 1. The van der Waals surface area contributed by atoms with E-state index in [1.54, 1.807) is 24.3 Å². The Bertz CT molecular complexity index is 1030. The van der Waals surface area contributed by atoms with Crippen molar-refractivity contribution in [2.45, 2.75) is 39.7 Å². The molecule has 162 valence electrons. The lowest BCUT2D eigenvalue weighted by Crippen LogP contribution is -2.29. The first-order valence-electron chi connectivity index (χ1n) is 10.5. The number of likely N-dealkylation sites (tertiary alicyclic amines) is 1. The molecule has 5 nitrogen and oxygen atoms in total. The fourth-order valence-corrected chi connectivity index (χ4v) is 3.89. The molecule has 0 unspecified atom stereocenters. The predicted octanol–water partition coefficient (Wildman–Crippen LogP) is 5.12. The minimum absolute atomic E-state index is 0.0905. The fraction of sp³-hybridized carbons (Fsp3) is 0.308. The normalized spacial score (nSPS) is 18.0. The third kappa shape index (κ3) is 4.26. The number of Topliss-reactive ketones (excluding diaryl/α,β-unsaturated/α-hetero) is 1. The van der Waals surface area contributed by atoms with Crippen molar-refractivity contribution in [3.05, 3.63) is 82.9 Å². The van der Waals surface area contributed by atoms with E-state index in [-0.39, 0.29) is 17.9 Å². The summed E-state index contributed by atoms with van der Waals surface area (Å²) in [7, 11) is 0. The minimum atomic E-state index is -0.691. The molecule has 5 heteroatoms. The minimum Gasteiger partial charge on any atom is -0.507 e. The van der Waals surface area contributed by atoms with Crippen LogP contribution in [0.1, 0.15) is 55.0 Å². The van der Waals surface area contributed by atoms with Crippen molar-refractivity contribution in [3.8, 4) is 5.75 Å². The summed E-state index contributed by atoms with van der Waals surface area (Å²) in [6, 6.07) is 12.4. The van der Waals surface area contributed by atoms with Crippen molar-refractivity contribution < 1.29 is 19.4 Å². The molecule has 3 rings (SSSR count). The second-order valence-electron chi connectivity index (χ2n) is 7.97. The fourth-order valence-electron chi connectivity index (χ4n) is 3.89. The average molecular weight is 420 g/mol. The summed E-state index contributed by atoms with van der Waals surface area (Å²) in [6.45, 7) is 12.4. The van der Waals surface area contributed by atoms with Crippen LogP contribution >= 0.6 is 0 Å². The Hall–Kier alpha value is -3.34. The molecule has 0 bridgehead atoms. The molecule has 1 aliphatic heterocycles. The van der Waals surface area contributed by atoms with Gasteiger partial charge in [-0.05, 0) is 54.7 Å². The first kappa shape index (κ1) is 22.3. The van der Waals surface area contributed by atoms with Gasteiger partial charge in [0, 0.05) is 12.1 Å².